The number of amides is 2. The lowest BCUT2D eigenvalue weighted by molar-refractivity contribution is 0.0575. The fraction of sp³-hybridized carbons (Fsp3) is 0.364. The zero-order valence-corrected chi connectivity index (χ0v) is 16.1. The van der Waals surface area contributed by atoms with Crippen molar-refractivity contribution in [3.63, 3.8) is 0 Å². The number of aliphatic hydroxyl groups excluding tert-OH is 1. The highest BCUT2D eigenvalue weighted by molar-refractivity contribution is 6.09. The molecular weight excluding hydrogens is 356 g/mol. The van der Waals surface area contributed by atoms with E-state index in [1.54, 1.807) is 55.6 Å². The van der Waals surface area contributed by atoms with Gasteiger partial charge in [-0.3, -0.25) is 9.59 Å². The summed E-state index contributed by atoms with van der Waals surface area (Å²) in [6.07, 6.45) is 3.48. The minimum atomic E-state index is -0.284. The molecule has 0 aromatic heterocycles. The van der Waals surface area contributed by atoms with E-state index in [0.717, 1.165) is 19.3 Å². The van der Waals surface area contributed by atoms with E-state index in [-0.39, 0.29) is 24.5 Å². The summed E-state index contributed by atoms with van der Waals surface area (Å²) in [5.74, 6) is 0.282. The van der Waals surface area contributed by atoms with Gasteiger partial charge in [0.05, 0.1) is 18.4 Å². The second-order valence-corrected chi connectivity index (χ2v) is 6.89. The summed E-state index contributed by atoms with van der Waals surface area (Å²) in [6, 6.07) is 13.9. The number of likely N-dealkylation sites (tertiary alicyclic amines) is 1. The van der Waals surface area contributed by atoms with E-state index >= 15 is 0 Å². The largest absolute Gasteiger partial charge is 0.497 e. The number of rotatable bonds is 6. The van der Waals surface area contributed by atoms with Crippen LogP contribution in [0.25, 0.3) is 0 Å². The summed E-state index contributed by atoms with van der Waals surface area (Å²) in [5, 5.41) is 12.2. The molecule has 1 fully saturated rings. The van der Waals surface area contributed by atoms with Gasteiger partial charge < -0.3 is 20.1 Å². The Morgan fingerprint density at radius 2 is 1.89 bits per heavy atom. The Morgan fingerprint density at radius 1 is 1.14 bits per heavy atom. The first-order valence-electron chi connectivity index (χ1n) is 9.60. The van der Waals surface area contributed by atoms with Crippen molar-refractivity contribution in [2.45, 2.75) is 31.7 Å². The molecule has 1 aliphatic rings. The summed E-state index contributed by atoms with van der Waals surface area (Å²) in [4.78, 5) is 27.6. The average Bonchev–Trinajstić information content (AvgIpc) is 2.74. The molecule has 6 nitrogen and oxygen atoms in total. The van der Waals surface area contributed by atoms with Crippen LogP contribution in [0.1, 0.15) is 46.4 Å². The van der Waals surface area contributed by atoms with Crippen LogP contribution in [-0.4, -0.2) is 48.1 Å². The number of para-hydroxylation sites is 1. The van der Waals surface area contributed by atoms with Crippen LogP contribution in [0.5, 0.6) is 5.75 Å². The van der Waals surface area contributed by atoms with Gasteiger partial charge in [0.2, 0.25) is 0 Å². The molecule has 1 heterocycles. The van der Waals surface area contributed by atoms with Crippen LogP contribution in [0.3, 0.4) is 0 Å². The third-order valence-electron chi connectivity index (χ3n) is 5.11. The SMILES string of the molecule is COc1ccc(C(=O)Nc2ccccc2C(=O)N2CCCC[C@H]2CCO)cc1. The predicted octanol–water partition coefficient (Wildman–Crippen LogP) is 3.32. The number of nitrogens with one attached hydrogen (secondary N) is 1. The maximum Gasteiger partial charge on any atom is 0.256 e. The van der Waals surface area contributed by atoms with Crippen LogP contribution in [-0.2, 0) is 0 Å². The molecule has 2 N–H and O–H groups in total. The van der Waals surface area contributed by atoms with Crippen LogP contribution in [0.4, 0.5) is 5.69 Å². The van der Waals surface area contributed by atoms with E-state index < -0.39 is 0 Å². The Labute approximate surface area is 165 Å². The highest BCUT2D eigenvalue weighted by Gasteiger charge is 2.28. The minimum absolute atomic E-state index is 0.0385. The molecule has 0 unspecified atom stereocenters. The Hall–Kier alpha value is -2.86. The second-order valence-electron chi connectivity index (χ2n) is 6.89. The normalized spacial score (nSPS) is 16.5. The minimum Gasteiger partial charge on any atom is -0.497 e. The van der Waals surface area contributed by atoms with Gasteiger partial charge in [-0.05, 0) is 62.1 Å². The van der Waals surface area contributed by atoms with Crippen LogP contribution in [0, 0.1) is 0 Å². The first kappa shape index (κ1) is 19.9. The van der Waals surface area contributed by atoms with Crippen molar-refractivity contribution in [2.24, 2.45) is 0 Å². The van der Waals surface area contributed by atoms with Gasteiger partial charge in [-0.1, -0.05) is 12.1 Å². The number of anilines is 1. The van der Waals surface area contributed by atoms with Crippen LogP contribution < -0.4 is 10.1 Å². The van der Waals surface area contributed by atoms with Gasteiger partial charge in [0.15, 0.2) is 0 Å². The number of aliphatic hydroxyl groups is 1. The summed E-state index contributed by atoms with van der Waals surface area (Å²) in [7, 11) is 1.57. The number of hydrogen-bond acceptors (Lipinski definition) is 4. The van der Waals surface area contributed by atoms with Crippen molar-refractivity contribution in [1.29, 1.82) is 0 Å². The third-order valence-corrected chi connectivity index (χ3v) is 5.11. The van der Waals surface area contributed by atoms with Crippen molar-refractivity contribution < 1.29 is 19.4 Å². The van der Waals surface area contributed by atoms with Gasteiger partial charge in [-0.25, -0.2) is 0 Å². The van der Waals surface area contributed by atoms with Crippen molar-refractivity contribution in [3.8, 4) is 5.75 Å². The van der Waals surface area contributed by atoms with E-state index in [2.05, 4.69) is 5.32 Å². The number of piperidine rings is 1. The van der Waals surface area contributed by atoms with Crippen molar-refractivity contribution in [2.75, 3.05) is 25.6 Å². The van der Waals surface area contributed by atoms with E-state index in [0.29, 0.717) is 35.5 Å². The molecule has 6 heteroatoms. The zero-order valence-electron chi connectivity index (χ0n) is 16.1. The van der Waals surface area contributed by atoms with E-state index in [9.17, 15) is 14.7 Å². The summed E-state index contributed by atoms with van der Waals surface area (Å²) < 4.78 is 5.12. The monoisotopic (exact) mass is 382 g/mol. The molecule has 2 amide bonds. The van der Waals surface area contributed by atoms with Crippen LogP contribution in [0.2, 0.25) is 0 Å². The number of ether oxygens (including phenoxy) is 1. The summed E-state index contributed by atoms with van der Waals surface area (Å²) in [6.45, 7) is 0.731. The smallest absolute Gasteiger partial charge is 0.256 e. The molecular formula is C22H26N2O4. The molecule has 1 saturated heterocycles. The number of benzene rings is 2. The van der Waals surface area contributed by atoms with Gasteiger partial charge in [-0.15, -0.1) is 0 Å². The zero-order chi connectivity index (χ0) is 19.9. The molecule has 28 heavy (non-hydrogen) atoms. The quantitative estimate of drug-likeness (QED) is 0.803. The molecule has 3 rings (SSSR count). The maximum atomic E-state index is 13.2. The number of nitrogens with zero attached hydrogens (tertiary/aromatic N) is 1. The van der Waals surface area contributed by atoms with Crippen LogP contribution in [0.15, 0.2) is 48.5 Å². The first-order valence-corrected chi connectivity index (χ1v) is 9.60. The third kappa shape index (κ3) is 4.51. The number of methoxy groups -OCH3 is 1. The van der Waals surface area contributed by atoms with E-state index in [4.69, 9.17) is 4.74 Å². The standard InChI is InChI=1S/C22H26N2O4/c1-28-18-11-9-16(10-12-18)21(26)23-20-8-3-2-7-19(20)22(27)24-14-5-4-6-17(24)13-15-25/h2-3,7-12,17,25H,4-6,13-15H2,1H3,(H,23,26)/t17-/m0/s1. The lowest BCUT2D eigenvalue weighted by atomic mass is 9.98. The van der Waals surface area contributed by atoms with Gasteiger partial charge in [0.25, 0.3) is 11.8 Å². The number of hydrogen-bond donors (Lipinski definition) is 2. The number of carbonyl (C=O) groups is 2. The second kappa shape index (κ2) is 9.37. The van der Waals surface area contributed by atoms with E-state index in [1.807, 2.05) is 4.90 Å². The lowest BCUT2D eigenvalue weighted by Gasteiger charge is -2.36. The lowest BCUT2D eigenvalue weighted by Crippen LogP contribution is -2.44. The summed E-state index contributed by atoms with van der Waals surface area (Å²) >= 11 is 0. The Balaban J connectivity index is 1.80. The Bertz CT molecular complexity index is 818. The summed E-state index contributed by atoms with van der Waals surface area (Å²) in [5.41, 5.74) is 1.44. The molecule has 1 atom stereocenters. The Morgan fingerprint density at radius 3 is 2.61 bits per heavy atom. The van der Waals surface area contributed by atoms with Gasteiger partial charge in [0.1, 0.15) is 5.75 Å². The predicted molar refractivity (Wildman–Crippen MR) is 108 cm³/mol. The van der Waals surface area contributed by atoms with E-state index in [1.165, 1.54) is 0 Å². The number of carbonyl (C=O) groups excluding carboxylic acids is 2. The van der Waals surface area contributed by atoms with Gasteiger partial charge in [-0.2, -0.15) is 0 Å². The molecule has 0 saturated carbocycles. The molecule has 0 radical (unpaired) electrons. The first-order chi connectivity index (χ1) is 13.6. The molecule has 148 valence electrons. The van der Waals surface area contributed by atoms with Crippen molar-refractivity contribution in [3.05, 3.63) is 59.7 Å². The molecule has 0 spiro atoms. The fourth-order valence-electron chi connectivity index (χ4n) is 3.59. The Kier molecular flexibility index (Phi) is 6.66. The fourth-order valence-corrected chi connectivity index (χ4v) is 3.59. The highest BCUT2D eigenvalue weighted by Crippen LogP contribution is 2.25. The molecule has 2 aromatic carbocycles. The molecule has 1 aliphatic heterocycles. The highest BCUT2D eigenvalue weighted by atomic mass is 16.5. The molecule has 2 aromatic rings. The van der Waals surface area contributed by atoms with Crippen molar-refractivity contribution >= 4 is 17.5 Å². The molecule has 0 bridgehead atoms. The van der Waals surface area contributed by atoms with Gasteiger partial charge >= 0.3 is 0 Å². The molecule has 0 aliphatic carbocycles. The van der Waals surface area contributed by atoms with Gasteiger partial charge in [0, 0.05) is 24.8 Å². The average molecular weight is 382 g/mol. The van der Waals surface area contributed by atoms with Crippen LogP contribution >= 0.6 is 0 Å². The van der Waals surface area contributed by atoms with Crippen molar-refractivity contribution in [1.82, 2.24) is 4.90 Å². The maximum absolute atomic E-state index is 13.2. The topological polar surface area (TPSA) is 78.9 Å².